The summed E-state index contributed by atoms with van der Waals surface area (Å²) in [4.78, 5) is 14.2. The van der Waals surface area contributed by atoms with Crippen LogP contribution >= 0.6 is 11.6 Å². The van der Waals surface area contributed by atoms with Gasteiger partial charge in [0.1, 0.15) is 5.75 Å². The summed E-state index contributed by atoms with van der Waals surface area (Å²) in [5.74, 6) is -0.202. The normalized spacial score (nSPS) is 11.1. The van der Waals surface area contributed by atoms with Gasteiger partial charge in [-0.1, -0.05) is 17.7 Å². The second kappa shape index (κ2) is 6.95. The van der Waals surface area contributed by atoms with Crippen molar-refractivity contribution in [3.63, 3.8) is 0 Å². The number of aliphatic imine (C=N–C) groups is 1. The van der Waals surface area contributed by atoms with E-state index >= 15 is 0 Å². The predicted molar refractivity (Wildman–Crippen MR) is 78.4 cm³/mol. The van der Waals surface area contributed by atoms with Crippen molar-refractivity contribution < 1.29 is 18.4 Å². The van der Waals surface area contributed by atoms with Crippen molar-refractivity contribution in [2.24, 2.45) is 4.99 Å². The molecule has 0 aromatic heterocycles. The fourth-order valence-corrected chi connectivity index (χ4v) is 1.84. The highest BCUT2D eigenvalue weighted by molar-refractivity contribution is 6.30. The zero-order chi connectivity index (χ0) is 16.1. The van der Waals surface area contributed by atoms with Crippen molar-refractivity contribution in [3.05, 3.63) is 63.2 Å². The van der Waals surface area contributed by atoms with Crippen molar-refractivity contribution in [1.82, 2.24) is 0 Å². The summed E-state index contributed by atoms with van der Waals surface area (Å²) in [7, 11) is 0. The number of hydrogen-bond donors (Lipinski definition) is 0. The molecule has 0 saturated heterocycles. The highest BCUT2D eigenvalue weighted by atomic mass is 35.5. The van der Waals surface area contributed by atoms with Gasteiger partial charge < -0.3 is 4.74 Å². The molecule has 0 bridgehead atoms. The molecule has 0 N–H and O–H groups in total. The molecule has 0 heterocycles. The summed E-state index contributed by atoms with van der Waals surface area (Å²) in [6.07, 6.45) is 1.20. The van der Waals surface area contributed by atoms with E-state index in [1.54, 1.807) is 24.3 Å². The first-order chi connectivity index (χ1) is 10.5. The van der Waals surface area contributed by atoms with Crippen LogP contribution in [0.4, 0.5) is 20.2 Å². The molecule has 2 aromatic rings. The van der Waals surface area contributed by atoms with Crippen LogP contribution < -0.4 is 4.74 Å². The van der Waals surface area contributed by atoms with Crippen LogP contribution in [0.3, 0.4) is 0 Å². The summed E-state index contributed by atoms with van der Waals surface area (Å²) >= 11 is 5.81. The molecule has 0 fully saturated rings. The minimum Gasteiger partial charge on any atom is -0.434 e. The Morgan fingerprint density at radius 3 is 2.68 bits per heavy atom. The molecule has 0 unspecified atom stereocenters. The predicted octanol–water partition coefficient (Wildman–Crippen LogP) is 4.60. The molecular weight excluding hydrogens is 318 g/mol. The second-order valence-corrected chi connectivity index (χ2v) is 4.53. The fourth-order valence-electron chi connectivity index (χ4n) is 1.65. The highest BCUT2D eigenvalue weighted by Crippen LogP contribution is 2.25. The third kappa shape index (κ3) is 4.23. The molecule has 8 heteroatoms. The van der Waals surface area contributed by atoms with E-state index in [1.807, 2.05) is 0 Å². The lowest BCUT2D eigenvalue weighted by Gasteiger charge is -2.07. The minimum atomic E-state index is -3.04. The Bertz CT molecular complexity index is 723. The average Bonchev–Trinajstić information content (AvgIpc) is 2.45. The summed E-state index contributed by atoms with van der Waals surface area (Å²) in [5.41, 5.74) is 0.283. The van der Waals surface area contributed by atoms with Crippen molar-refractivity contribution in [2.45, 2.75) is 6.61 Å². The molecule has 0 aliphatic carbocycles. The average molecular weight is 327 g/mol. The lowest BCUT2D eigenvalue weighted by Crippen LogP contribution is -2.04. The van der Waals surface area contributed by atoms with E-state index < -0.39 is 11.5 Å². The van der Waals surface area contributed by atoms with Gasteiger partial charge in [-0.2, -0.15) is 8.78 Å². The third-order valence-corrected chi connectivity index (χ3v) is 2.82. The largest absolute Gasteiger partial charge is 0.434 e. The van der Waals surface area contributed by atoms with Crippen molar-refractivity contribution >= 4 is 29.2 Å². The summed E-state index contributed by atoms with van der Waals surface area (Å²) in [6.45, 7) is -3.04. The number of nitrogens with zero attached hydrogens (tertiary/aromatic N) is 2. The molecule has 0 aliphatic rings. The number of halogens is 3. The molecule has 0 aliphatic heterocycles. The lowest BCUT2D eigenvalue weighted by atomic mass is 10.2. The van der Waals surface area contributed by atoms with Crippen molar-refractivity contribution in [1.29, 1.82) is 0 Å². The molecule has 0 spiro atoms. The van der Waals surface area contributed by atoms with Crippen molar-refractivity contribution in [2.75, 3.05) is 0 Å². The van der Waals surface area contributed by atoms with Gasteiger partial charge in [0, 0.05) is 28.9 Å². The number of alkyl halides is 2. The van der Waals surface area contributed by atoms with Crippen LogP contribution in [-0.4, -0.2) is 17.7 Å². The zero-order valence-electron chi connectivity index (χ0n) is 10.9. The van der Waals surface area contributed by atoms with Gasteiger partial charge >= 0.3 is 6.61 Å². The summed E-state index contributed by atoms with van der Waals surface area (Å²) < 4.78 is 29.0. The van der Waals surface area contributed by atoms with Crippen LogP contribution in [-0.2, 0) is 0 Å². The van der Waals surface area contributed by atoms with Gasteiger partial charge in [-0.05, 0) is 24.3 Å². The van der Waals surface area contributed by atoms with Crippen LogP contribution in [0.15, 0.2) is 47.5 Å². The van der Waals surface area contributed by atoms with E-state index in [0.29, 0.717) is 10.7 Å². The lowest BCUT2D eigenvalue weighted by molar-refractivity contribution is -0.384. The maximum atomic E-state index is 12.4. The summed E-state index contributed by atoms with van der Waals surface area (Å²) in [5, 5.41) is 11.2. The Hall–Kier alpha value is -2.54. The number of nitro groups is 1. The molecule has 22 heavy (non-hydrogen) atoms. The van der Waals surface area contributed by atoms with Gasteiger partial charge in [0.25, 0.3) is 5.69 Å². The standard InChI is InChI=1S/C14H9ClF2N2O3/c15-10-2-1-3-11(7-10)18-8-9-6-12(19(20)21)4-5-13(9)22-14(16)17/h1-8,14H. The molecule has 0 saturated carbocycles. The van der Waals surface area contributed by atoms with Gasteiger partial charge in [0.15, 0.2) is 0 Å². The Morgan fingerprint density at radius 1 is 1.27 bits per heavy atom. The molecule has 2 rings (SSSR count). The maximum Gasteiger partial charge on any atom is 0.387 e. The van der Waals surface area contributed by atoms with E-state index in [4.69, 9.17) is 11.6 Å². The monoisotopic (exact) mass is 326 g/mol. The number of non-ortho nitro benzene ring substituents is 1. The van der Waals surface area contributed by atoms with Gasteiger partial charge in [0.05, 0.1) is 10.6 Å². The summed E-state index contributed by atoms with van der Waals surface area (Å²) in [6, 6.07) is 9.80. The Morgan fingerprint density at radius 2 is 2.05 bits per heavy atom. The molecule has 2 aromatic carbocycles. The van der Waals surface area contributed by atoms with Gasteiger partial charge in [-0.3, -0.25) is 15.1 Å². The van der Waals surface area contributed by atoms with Gasteiger partial charge in [-0.25, -0.2) is 0 Å². The van der Waals surface area contributed by atoms with E-state index in [9.17, 15) is 18.9 Å². The number of nitro benzene ring substituents is 1. The second-order valence-electron chi connectivity index (χ2n) is 4.10. The smallest absolute Gasteiger partial charge is 0.387 e. The number of rotatable bonds is 5. The first-order valence-electron chi connectivity index (χ1n) is 5.98. The first kappa shape index (κ1) is 15.8. The minimum absolute atomic E-state index is 0.0643. The molecule has 5 nitrogen and oxygen atoms in total. The number of benzene rings is 2. The third-order valence-electron chi connectivity index (χ3n) is 2.58. The van der Waals surface area contributed by atoms with E-state index in [1.165, 1.54) is 6.21 Å². The van der Waals surface area contributed by atoms with Crippen molar-refractivity contribution in [3.8, 4) is 5.75 Å². The van der Waals surface area contributed by atoms with Crippen LogP contribution in [0.2, 0.25) is 5.02 Å². The Balaban J connectivity index is 2.37. The quantitative estimate of drug-likeness (QED) is 0.458. The van der Waals surface area contributed by atoms with Gasteiger partial charge in [-0.15, -0.1) is 0 Å². The maximum absolute atomic E-state index is 12.4. The molecule has 0 radical (unpaired) electrons. The molecular formula is C14H9ClF2N2O3. The molecule has 0 atom stereocenters. The highest BCUT2D eigenvalue weighted by Gasteiger charge is 2.13. The Kier molecular flexibility index (Phi) is 5.00. The molecule has 0 amide bonds. The first-order valence-corrected chi connectivity index (χ1v) is 6.36. The topological polar surface area (TPSA) is 64.7 Å². The SMILES string of the molecule is O=[N+]([O-])c1ccc(OC(F)F)c(C=Nc2cccc(Cl)c2)c1. The van der Waals surface area contributed by atoms with Crippen LogP contribution in [0.1, 0.15) is 5.56 Å². The van der Waals surface area contributed by atoms with E-state index in [0.717, 1.165) is 18.2 Å². The Labute approximate surface area is 129 Å². The van der Waals surface area contributed by atoms with Crippen LogP contribution in [0.25, 0.3) is 0 Å². The van der Waals surface area contributed by atoms with Crippen LogP contribution in [0, 0.1) is 10.1 Å². The zero-order valence-corrected chi connectivity index (χ0v) is 11.7. The molecule has 114 valence electrons. The number of ether oxygens (including phenoxy) is 1. The van der Waals surface area contributed by atoms with Crippen LogP contribution in [0.5, 0.6) is 5.75 Å². The number of hydrogen-bond acceptors (Lipinski definition) is 4. The van der Waals surface area contributed by atoms with Gasteiger partial charge in [0.2, 0.25) is 0 Å². The van der Waals surface area contributed by atoms with E-state index in [-0.39, 0.29) is 17.0 Å². The van der Waals surface area contributed by atoms with E-state index in [2.05, 4.69) is 9.73 Å². The fraction of sp³-hybridized carbons (Fsp3) is 0.0714.